The molecule has 7 heteroatoms. The molecule has 1 aromatic heterocycles. The number of ether oxygens (including phenoxy) is 1. The third kappa shape index (κ3) is 4.19. The molecule has 2 aromatic carbocycles. The Balaban J connectivity index is 1.24. The maximum Gasteiger partial charge on any atom is 0.319 e. The fourth-order valence-electron chi connectivity index (χ4n) is 3.44. The number of nitrogens with zero attached hydrogens (tertiary/aromatic N) is 2. The summed E-state index contributed by atoms with van der Waals surface area (Å²) in [5, 5.41) is 5.81. The van der Waals surface area contributed by atoms with E-state index < -0.39 is 0 Å². The quantitative estimate of drug-likeness (QED) is 0.702. The molecular weight excluding hydrogens is 356 g/mol. The summed E-state index contributed by atoms with van der Waals surface area (Å²) < 4.78 is 11.0. The zero-order valence-corrected chi connectivity index (χ0v) is 15.9. The molecule has 0 aliphatic carbocycles. The van der Waals surface area contributed by atoms with Crippen LogP contribution >= 0.6 is 0 Å². The van der Waals surface area contributed by atoms with E-state index >= 15 is 0 Å². The van der Waals surface area contributed by atoms with Gasteiger partial charge in [0.1, 0.15) is 11.3 Å². The topological polar surface area (TPSA) is 79.6 Å². The highest BCUT2D eigenvalue weighted by Crippen LogP contribution is 2.26. The van der Waals surface area contributed by atoms with E-state index in [1.807, 2.05) is 42.5 Å². The summed E-state index contributed by atoms with van der Waals surface area (Å²) in [7, 11) is 1.60. The first-order valence-corrected chi connectivity index (χ1v) is 9.51. The van der Waals surface area contributed by atoms with Crippen LogP contribution in [-0.2, 0) is 0 Å². The number of urea groups is 1. The molecule has 2 N–H and O–H groups in total. The molecule has 2 amide bonds. The molecule has 0 spiro atoms. The van der Waals surface area contributed by atoms with Gasteiger partial charge < -0.3 is 24.7 Å². The number of nitrogens with one attached hydrogen (secondary N) is 2. The van der Waals surface area contributed by atoms with Gasteiger partial charge in [0.05, 0.1) is 7.11 Å². The molecule has 0 bridgehead atoms. The second-order valence-corrected chi connectivity index (χ2v) is 6.96. The first-order valence-electron chi connectivity index (χ1n) is 9.51. The van der Waals surface area contributed by atoms with Crippen molar-refractivity contribution < 1.29 is 13.9 Å². The Morgan fingerprint density at radius 1 is 1.21 bits per heavy atom. The van der Waals surface area contributed by atoms with Crippen LogP contribution in [0, 0.1) is 5.92 Å². The van der Waals surface area contributed by atoms with Gasteiger partial charge >= 0.3 is 6.03 Å². The summed E-state index contributed by atoms with van der Waals surface area (Å²) in [6.07, 6.45) is 1.97. The Hall–Kier alpha value is -3.22. The van der Waals surface area contributed by atoms with Crippen LogP contribution in [0.4, 0.5) is 16.5 Å². The van der Waals surface area contributed by atoms with Crippen molar-refractivity contribution in [1.82, 2.24) is 10.3 Å². The van der Waals surface area contributed by atoms with Crippen molar-refractivity contribution in [3.05, 3.63) is 48.5 Å². The molecule has 4 rings (SSSR count). The van der Waals surface area contributed by atoms with Crippen molar-refractivity contribution in [1.29, 1.82) is 0 Å². The Morgan fingerprint density at radius 3 is 2.82 bits per heavy atom. The van der Waals surface area contributed by atoms with Gasteiger partial charge in [-0.3, -0.25) is 0 Å². The zero-order chi connectivity index (χ0) is 19.3. The molecule has 3 aromatic rings. The number of aromatic nitrogens is 1. The number of methoxy groups -OCH3 is 1. The number of fused-ring (bicyclic) bond motifs is 1. The van der Waals surface area contributed by atoms with E-state index in [1.54, 1.807) is 13.2 Å². The van der Waals surface area contributed by atoms with Crippen LogP contribution in [0.2, 0.25) is 0 Å². The summed E-state index contributed by atoms with van der Waals surface area (Å²) >= 11 is 0. The Labute approximate surface area is 163 Å². The van der Waals surface area contributed by atoms with E-state index in [0.29, 0.717) is 29.9 Å². The largest absolute Gasteiger partial charge is 0.497 e. The first-order chi connectivity index (χ1) is 13.7. The molecule has 0 saturated carbocycles. The molecule has 1 fully saturated rings. The van der Waals surface area contributed by atoms with Crippen molar-refractivity contribution in [2.24, 2.45) is 5.92 Å². The lowest BCUT2D eigenvalue weighted by molar-refractivity contribution is 0.248. The van der Waals surface area contributed by atoms with E-state index in [-0.39, 0.29) is 6.03 Å². The number of oxazole rings is 1. The monoisotopic (exact) mass is 380 g/mol. The number of amides is 2. The summed E-state index contributed by atoms with van der Waals surface area (Å²) in [6.45, 7) is 2.39. The smallest absolute Gasteiger partial charge is 0.319 e. The molecule has 146 valence electrons. The van der Waals surface area contributed by atoms with Crippen LogP contribution in [-0.4, -0.2) is 37.8 Å². The minimum atomic E-state index is -0.199. The second-order valence-electron chi connectivity index (χ2n) is 6.96. The molecule has 1 aliphatic rings. The SMILES string of the molecule is COc1cccc(NC(=O)NCC2CCN(c3nc4ccccc4o3)CC2)c1. The lowest BCUT2D eigenvalue weighted by atomic mass is 9.97. The van der Waals surface area contributed by atoms with Gasteiger partial charge in [-0.25, -0.2) is 4.79 Å². The van der Waals surface area contributed by atoms with E-state index in [9.17, 15) is 4.79 Å². The summed E-state index contributed by atoms with van der Waals surface area (Å²) in [6, 6.07) is 15.6. The lowest BCUT2D eigenvalue weighted by Gasteiger charge is -2.30. The maximum absolute atomic E-state index is 12.1. The van der Waals surface area contributed by atoms with Crippen molar-refractivity contribution >= 4 is 28.8 Å². The van der Waals surface area contributed by atoms with Crippen LogP contribution in [0.1, 0.15) is 12.8 Å². The van der Waals surface area contributed by atoms with E-state index in [0.717, 1.165) is 37.0 Å². The minimum Gasteiger partial charge on any atom is -0.497 e. The molecular formula is C21H24N4O3. The predicted molar refractivity (Wildman–Crippen MR) is 109 cm³/mol. The third-order valence-electron chi connectivity index (χ3n) is 5.05. The van der Waals surface area contributed by atoms with Gasteiger partial charge in [-0.15, -0.1) is 0 Å². The number of para-hydroxylation sites is 2. The molecule has 1 saturated heterocycles. The number of rotatable bonds is 5. The van der Waals surface area contributed by atoms with Gasteiger partial charge in [0.15, 0.2) is 5.58 Å². The Morgan fingerprint density at radius 2 is 2.04 bits per heavy atom. The van der Waals surface area contributed by atoms with Crippen LogP contribution < -0.4 is 20.3 Å². The van der Waals surface area contributed by atoms with Crippen LogP contribution in [0.3, 0.4) is 0 Å². The Bertz CT molecular complexity index is 914. The summed E-state index contributed by atoms with van der Waals surface area (Å²) in [5.41, 5.74) is 2.41. The highest BCUT2D eigenvalue weighted by atomic mass is 16.5. The molecule has 1 aliphatic heterocycles. The second kappa shape index (κ2) is 8.21. The lowest BCUT2D eigenvalue weighted by Crippen LogP contribution is -2.39. The van der Waals surface area contributed by atoms with Crippen LogP contribution in [0.15, 0.2) is 52.9 Å². The molecule has 2 heterocycles. The highest BCUT2D eigenvalue weighted by Gasteiger charge is 2.23. The van der Waals surface area contributed by atoms with Gasteiger partial charge in [-0.2, -0.15) is 4.98 Å². The zero-order valence-electron chi connectivity index (χ0n) is 15.9. The van der Waals surface area contributed by atoms with Crippen LogP contribution in [0.5, 0.6) is 5.75 Å². The van der Waals surface area contributed by atoms with E-state index in [4.69, 9.17) is 9.15 Å². The van der Waals surface area contributed by atoms with Gasteiger partial charge in [-0.1, -0.05) is 18.2 Å². The number of carbonyl (C=O) groups excluding carboxylic acids is 1. The van der Waals surface area contributed by atoms with Crippen molar-refractivity contribution in [3.8, 4) is 5.75 Å². The predicted octanol–water partition coefficient (Wildman–Crippen LogP) is 3.87. The molecule has 28 heavy (non-hydrogen) atoms. The molecule has 0 atom stereocenters. The van der Waals surface area contributed by atoms with Crippen molar-refractivity contribution in [3.63, 3.8) is 0 Å². The van der Waals surface area contributed by atoms with Crippen LogP contribution in [0.25, 0.3) is 11.1 Å². The number of carbonyl (C=O) groups is 1. The fourth-order valence-corrected chi connectivity index (χ4v) is 3.44. The maximum atomic E-state index is 12.1. The van der Waals surface area contributed by atoms with Crippen molar-refractivity contribution in [2.45, 2.75) is 12.8 Å². The van der Waals surface area contributed by atoms with Gasteiger partial charge in [0, 0.05) is 31.4 Å². The summed E-state index contributed by atoms with van der Waals surface area (Å²) in [4.78, 5) is 18.9. The first kappa shape index (κ1) is 18.2. The highest BCUT2D eigenvalue weighted by molar-refractivity contribution is 5.89. The molecule has 0 unspecified atom stereocenters. The van der Waals surface area contributed by atoms with Gasteiger partial charge in [0.25, 0.3) is 6.01 Å². The van der Waals surface area contributed by atoms with Gasteiger partial charge in [-0.05, 0) is 43.0 Å². The van der Waals surface area contributed by atoms with E-state index in [2.05, 4.69) is 20.5 Å². The standard InChI is InChI=1S/C21H24N4O3/c1-27-17-6-4-5-16(13-17)23-20(26)22-14-15-9-11-25(12-10-15)21-24-18-7-2-3-8-19(18)28-21/h2-8,13,15H,9-12,14H2,1H3,(H2,22,23,26). The van der Waals surface area contributed by atoms with Gasteiger partial charge in [0.2, 0.25) is 0 Å². The van der Waals surface area contributed by atoms with E-state index in [1.165, 1.54) is 0 Å². The molecule has 0 radical (unpaired) electrons. The summed E-state index contributed by atoms with van der Waals surface area (Å²) in [5.74, 6) is 1.15. The average Bonchev–Trinajstić information content (AvgIpc) is 3.17. The number of hydrogen-bond donors (Lipinski definition) is 2. The third-order valence-corrected chi connectivity index (χ3v) is 5.05. The molecule has 7 nitrogen and oxygen atoms in total. The number of anilines is 2. The average molecular weight is 380 g/mol. The Kier molecular flexibility index (Phi) is 5.32. The fraction of sp³-hybridized carbons (Fsp3) is 0.333. The number of hydrogen-bond acceptors (Lipinski definition) is 5. The number of piperidine rings is 1. The van der Waals surface area contributed by atoms with Crippen molar-refractivity contribution in [2.75, 3.05) is 37.0 Å². The normalized spacial score (nSPS) is 14.8. The number of benzene rings is 2. The minimum absolute atomic E-state index is 0.199.